The lowest BCUT2D eigenvalue weighted by molar-refractivity contribution is -0.128. The Balaban J connectivity index is 1.86. The minimum atomic E-state index is -0.0175. The van der Waals surface area contributed by atoms with Crippen molar-refractivity contribution >= 4 is 17.7 Å². The van der Waals surface area contributed by atoms with Gasteiger partial charge in [0.1, 0.15) is 11.2 Å². The molecule has 0 saturated carbocycles. The van der Waals surface area contributed by atoms with Crippen molar-refractivity contribution in [2.75, 3.05) is 5.75 Å². The van der Waals surface area contributed by atoms with Gasteiger partial charge in [0.15, 0.2) is 0 Å². The van der Waals surface area contributed by atoms with E-state index in [0.717, 1.165) is 29.3 Å². The number of pyridine rings is 1. The number of nitrogens with zero attached hydrogens (tertiary/aromatic N) is 3. The van der Waals surface area contributed by atoms with Gasteiger partial charge in [0.25, 0.3) is 0 Å². The van der Waals surface area contributed by atoms with Crippen molar-refractivity contribution in [1.29, 1.82) is 0 Å². The number of carbonyl (C=O) groups excluding carboxylic acids is 1. The molecule has 1 aliphatic rings. The highest BCUT2D eigenvalue weighted by Crippen LogP contribution is 2.39. The van der Waals surface area contributed by atoms with E-state index in [0.29, 0.717) is 12.3 Å². The van der Waals surface area contributed by atoms with Crippen molar-refractivity contribution in [2.24, 2.45) is 0 Å². The second kappa shape index (κ2) is 5.89. The third-order valence-electron chi connectivity index (χ3n) is 3.57. The van der Waals surface area contributed by atoms with Crippen LogP contribution in [0.25, 0.3) is 0 Å². The molecule has 1 aliphatic heterocycles. The number of carbonyl (C=O) groups is 1. The Morgan fingerprint density at radius 2 is 2.33 bits per heavy atom. The number of rotatable bonds is 4. The largest absolute Gasteiger partial charge is 0.346 e. The van der Waals surface area contributed by atoms with Crippen LogP contribution in [-0.4, -0.2) is 31.5 Å². The zero-order valence-corrected chi connectivity index (χ0v) is 13.0. The van der Waals surface area contributed by atoms with E-state index in [2.05, 4.69) is 21.9 Å². The summed E-state index contributed by atoms with van der Waals surface area (Å²) < 4.78 is 0. The van der Waals surface area contributed by atoms with E-state index in [-0.39, 0.29) is 11.3 Å². The second-order valence-electron chi connectivity index (χ2n) is 5.05. The van der Waals surface area contributed by atoms with Crippen LogP contribution in [0.5, 0.6) is 0 Å². The Hall–Kier alpha value is -1.82. The molecule has 0 radical (unpaired) electrons. The quantitative estimate of drug-likeness (QED) is 0.942. The molecule has 1 N–H and O–H groups in total. The van der Waals surface area contributed by atoms with Gasteiger partial charge in [-0.15, -0.1) is 11.8 Å². The molecule has 110 valence electrons. The minimum absolute atomic E-state index is 0.0175. The van der Waals surface area contributed by atoms with Crippen LogP contribution in [-0.2, 0) is 17.8 Å². The molecule has 3 rings (SSSR count). The Morgan fingerprint density at radius 1 is 1.48 bits per heavy atom. The highest BCUT2D eigenvalue weighted by molar-refractivity contribution is 8.00. The van der Waals surface area contributed by atoms with Crippen LogP contribution in [0.3, 0.4) is 0 Å². The van der Waals surface area contributed by atoms with E-state index in [9.17, 15) is 4.79 Å². The van der Waals surface area contributed by atoms with Gasteiger partial charge in [-0.1, -0.05) is 13.0 Å². The fourth-order valence-electron chi connectivity index (χ4n) is 2.46. The SMILES string of the molecule is CCc1nc(C2SCC(=O)N2Cc2ccccn2)c(C)[nH]1. The van der Waals surface area contributed by atoms with Crippen LogP contribution in [0.1, 0.15) is 35.2 Å². The first-order valence-electron chi connectivity index (χ1n) is 7.05. The molecule has 0 bridgehead atoms. The Labute approximate surface area is 128 Å². The van der Waals surface area contributed by atoms with Gasteiger partial charge >= 0.3 is 0 Å². The molecule has 2 aromatic rings. The van der Waals surface area contributed by atoms with E-state index in [1.165, 1.54) is 0 Å². The lowest BCUT2D eigenvalue weighted by atomic mass is 10.2. The van der Waals surface area contributed by atoms with Crippen molar-refractivity contribution < 1.29 is 4.79 Å². The summed E-state index contributed by atoms with van der Waals surface area (Å²) in [5.74, 6) is 1.63. The smallest absolute Gasteiger partial charge is 0.234 e. The van der Waals surface area contributed by atoms with E-state index >= 15 is 0 Å². The predicted molar refractivity (Wildman–Crippen MR) is 82.7 cm³/mol. The van der Waals surface area contributed by atoms with Gasteiger partial charge in [-0.25, -0.2) is 4.98 Å². The van der Waals surface area contributed by atoms with Crippen LogP contribution in [0.4, 0.5) is 0 Å². The second-order valence-corrected chi connectivity index (χ2v) is 6.12. The van der Waals surface area contributed by atoms with Gasteiger partial charge in [-0.2, -0.15) is 0 Å². The van der Waals surface area contributed by atoms with E-state index in [1.54, 1.807) is 18.0 Å². The van der Waals surface area contributed by atoms with E-state index in [1.807, 2.05) is 30.0 Å². The Kier molecular flexibility index (Phi) is 3.96. The molecule has 1 unspecified atom stereocenters. The highest BCUT2D eigenvalue weighted by Gasteiger charge is 2.35. The average Bonchev–Trinajstić information content (AvgIpc) is 3.04. The number of imidazole rings is 1. The maximum atomic E-state index is 12.2. The van der Waals surface area contributed by atoms with Crippen LogP contribution >= 0.6 is 11.8 Å². The number of hydrogen-bond donors (Lipinski definition) is 1. The summed E-state index contributed by atoms with van der Waals surface area (Å²) in [5.41, 5.74) is 2.92. The van der Waals surface area contributed by atoms with Crippen LogP contribution in [0, 0.1) is 6.92 Å². The van der Waals surface area contributed by atoms with Gasteiger partial charge in [0, 0.05) is 18.3 Å². The molecule has 0 aliphatic carbocycles. The summed E-state index contributed by atoms with van der Waals surface area (Å²) in [4.78, 5) is 26.3. The average molecular weight is 302 g/mol. The minimum Gasteiger partial charge on any atom is -0.346 e. The van der Waals surface area contributed by atoms with Crippen molar-refractivity contribution in [3.8, 4) is 0 Å². The van der Waals surface area contributed by atoms with Gasteiger partial charge in [0.2, 0.25) is 5.91 Å². The normalized spacial score (nSPS) is 18.5. The molecule has 5 nitrogen and oxygen atoms in total. The summed E-state index contributed by atoms with van der Waals surface area (Å²) >= 11 is 1.64. The molecule has 0 aromatic carbocycles. The molecule has 2 aromatic heterocycles. The molecule has 1 amide bonds. The molecular formula is C15H18N4OS. The number of H-pyrrole nitrogens is 1. The first-order valence-corrected chi connectivity index (χ1v) is 8.10. The number of nitrogens with one attached hydrogen (secondary N) is 1. The molecule has 6 heteroatoms. The van der Waals surface area contributed by atoms with Crippen molar-refractivity contribution in [3.05, 3.63) is 47.3 Å². The van der Waals surface area contributed by atoms with Crippen molar-refractivity contribution in [3.63, 3.8) is 0 Å². The molecular weight excluding hydrogens is 284 g/mol. The van der Waals surface area contributed by atoms with Crippen LogP contribution in [0.15, 0.2) is 24.4 Å². The highest BCUT2D eigenvalue weighted by atomic mass is 32.2. The van der Waals surface area contributed by atoms with E-state index < -0.39 is 0 Å². The maximum absolute atomic E-state index is 12.2. The number of amides is 1. The zero-order valence-electron chi connectivity index (χ0n) is 12.2. The van der Waals surface area contributed by atoms with Crippen molar-refractivity contribution in [2.45, 2.75) is 32.2 Å². The van der Waals surface area contributed by atoms with E-state index in [4.69, 9.17) is 0 Å². The third-order valence-corrected chi connectivity index (χ3v) is 4.77. The summed E-state index contributed by atoms with van der Waals surface area (Å²) in [5, 5.41) is -0.0175. The number of aromatic amines is 1. The van der Waals surface area contributed by atoms with Crippen molar-refractivity contribution in [1.82, 2.24) is 19.9 Å². The molecule has 1 saturated heterocycles. The summed E-state index contributed by atoms with van der Waals surface area (Å²) in [6.07, 6.45) is 2.62. The first kappa shape index (κ1) is 14.1. The molecule has 1 fully saturated rings. The fourth-order valence-corrected chi connectivity index (χ4v) is 3.69. The number of aromatic nitrogens is 3. The van der Waals surface area contributed by atoms with Crippen LogP contribution in [0.2, 0.25) is 0 Å². The molecule has 3 heterocycles. The monoisotopic (exact) mass is 302 g/mol. The third kappa shape index (κ3) is 2.81. The molecule has 21 heavy (non-hydrogen) atoms. The summed E-state index contributed by atoms with van der Waals surface area (Å²) in [6, 6.07) is 5.77. The van der Waals surface area contributed by atoms with Gasteiger partial charge in [0.05, 0.1) is 23.7 Å². The van der Waals surface area contributed by atoms with Gasteiger partial charge < -0.3 is 9.88 Å². The summed E-state index contributed by atoms with van der Waals surface area (Å²) in [7, 11) is 0. The molecule has 1 atom stereocenters. The topological polar surface area (TPSA) is 61.9 Å². The molecule has 0 spiro atoms. The van der Waals surface area contributed by atoms with Crippen LogP contribution < -0.4 is 0 Å². The maximum Gasteiger partial charge on any atom is 0.234 e. The number of thioether (sulfide) groups is 1. The number of hydrogen-bond acceptors (Lipinski definition) is 4. The first-order chi connectivity index (χ1) is 10.2. The fraction of sp³-hybridized carbons (Fsp3) is 0.400. The lowest BCUT2D eigenvalue weighted by Gasteiger charge is -2.22. The number of aryl methyl sites for hydroxylation is 2. The lowest BCUT2D eigenvalue weighted by Crippen LogP contribution is -2.28. The summed E-state index contributed by atoms with van der Waals surface area (Å²) in [6.45, 7) is 4.62. The zero-order chi connectivity index (χ0) is 14.8. The van der Waals surface area contributed by atoms with Gasteiger partial charge in [-0.3, -0.25) is 9.78 Å². The standard InChI is InChI=1S/C15H18N4OS/c1-3-12-17-10(2)14(18-12)15-19(13(20)9-21-15)8-11-6-4-5-7-16-11/h4-7,15H,3,8-9H2,1-2H3,(H,17,18). The Morgan fingerprint density at radius 3 is 3.00 bits per heavy atom. The van der Waals surface area contributed by atoms with Gasteiger partial charge in [-0.05, 0) is 19.1 Å². The Bertz CT molecular complexity index is 640. The predicted octanol–water partition coefficient (Wildman–Crippen LogP) is 2.45.